The highest BCUT2D eigenvalue weighted by Crippen LogP contribution is 2.24. The number of carbonyl (C=O) groups is 3. The van der Waals surface area contributed by atoms with E-state index in [0.717, 1.165) is 11.1 Å². The molecule has 2 rings (SSSR count). The van der Waals surface area contributed by atoms with Crippen LogP contribution in [0.1, 0.15) is 50.4 Å². The fourth-order valence-corrected chi connectivity index (χ4v) is 3.48. The van der Waals surface area contributed by atoms with Crippen molar-refractivity contribution in [2.45, 2.75) is 51.9 Å². The lowest BCUT2D eigenvalue weighted by Crippen LogP contribution is -2.52. The third kappa shape index (κ3) is 8.57. The van der Waals surface area contributed by atoms with Crippen molar-refractivity contribution in [2.24, 2.45) is 0 Å². The summed E-state index contributed by atoms with van der Waals surface area (Å²) < 4.78 is 5.25. The highest BCUT2D eigenvalue weighted by Gasteiger charge is 2.34. The number of alkyl carbamates (subject to hydrolysis) is 1. The van der Waals surface area contributed by atoms with E-state index in [1.54, 1.807) is 45.0 Å². The summed E-state index contributed by atoms with van der Waals surface area (Å²) in [6.45, 7) is 10.2. The Morgan fingerprint density at radius 1 is 1.11 bits per heavy atom. The Kier molecular flexibility index (Phi) is 10.0. The molecule has 0 spiro atoms. The molecule has 0 aromatic heterocycles. The predicted octanol–water partition coefficient (Wildman–Crippen LogP) is 3.42. The second-order valence-corrected chi connectivity index (χ2v) is 9.10. The third-order valence-electron chi connectivity index (χ3n) is 5.06. The Labute approximate surface area is 207 Å². The lowest BCUT2D eigenvalue weighted by atomic mass is 10.0. The van der Waals surface area contributed by atoms with Crippen molar-refractivity contribution in [1.29, 1.82) is 0 Å². The Morgan fingerprint density at radius 2 is 1.80 bits per heavy atom. The summed E-state index contributed by atoms with van der Waals surface area (Å²) in [6.07, 6.45) is 0.897. The molecular weight excluding hydrogens is 446 g/mol. The number of hydrogen-bond donors (Lipinski definition) is 3. The molecule has 0 aliphatic carbocycles. The van der Waals surface area contributed by atoms with Crippen LogP contribution >= 0.6 is 0 Å². The van der Waals surface area contributed by atoms with Gasteiger partial charge in [0, 0.05) is 13.1 Å². The van der Waals surface area contributed by atoms with Crippen LogP contribution < -0.4 is 10.6 Å². The highest BCUT2D eigenvalue weighted by atomic mass is 16.6. The van der Waals surface area contributed by atoms with Crippen molar-refractivity contribution in [3.63, 3.8) is 0 Å². The average molecular weight is 482 g/mol. The van der Waals surface area contributed by atoms with Crippen molar-refractivity contribution >= 4 is 24.0 Å². The van der Waals surface area contributed by atoms with Gasteiger partial charge in [-0.15, -0.1) is 0 Å². The minimum Gasteiger partial charge on any atom is -0.444 e. The standard InChI is InChI=1S/C27H35N3O5/c1-6-20-13-10-14-22(17-20)23(24(32)28-18-21-11-8-7-9-12-21)30(15-16-31)25(33)19(2)29-26(34)35-27(3,4)5/h6-14,17,19,23,31H,1,15-16,18H2,2-5H3,(H,28,32)(H,29,34). The molecule has 2 atom stereocenters. The van der Waals surface area contributed by atoms with Crippen molar-refractivity contribution in [3.8, 4) is 0 Å². The van der Waals surface area contributed by atoms with Crippen molar-refractivity contribution < 1.29 is 24.2 Å². The zero-order valence-corrected chi connectivity index (χ0v) is 20.8. The average Bonchev–Trinajstić information content (AvgIpc) is 2.81. The maximum atomic E-state index is 13.4. The topological polar surface area (TPSA) is 108 Å². The molecule has 3 amide bonds. The van der Waals surface area contributed by atoms with E-state index < -0.39 is 35.6 Å². The van der Waals surface area contributed by atoms with E-state index in [1.165, 1.54) is 11.8 Å². The minimum atomic E-state index is -1.04. The van der Waals surface area contributed by atoms with E-state index in [1.807, 2.05) is 36.4 Å². The number of amides is 3. The summed E-state index contributed by atoms with van der Waals surface area (Å²) in [5.41, 5.74) is 1.50. The summed E-state index contributed by atoms with van der Waals surface area (Å²) in [5.74, 6) is -0.949. The van der Waals surface area contributed by atoms with Gasteiger partial charge in [0.05, 0.1) is 6.61 Å². The molecule has 0 radical (unpaired) electrons. The first-order valence-electron chi connectivity index (χ1n) is 11.5. The second kappa shape index (κ2) is 12.7. The van der Waals surface area contributed by atoms with Crippen LogP contribution in [-0.2, 0) is 20.9 Å². The van der Waals surface area contributed by atoms with Crippen LogP contribution in [0.2, 0.25) is 0 Å². The van der Waals surface area contributed by atoms with Crippen molar-refractivity contribution in [2.75, 3.05) is 13.2 Å². The summed E-state index contributed by atoms with van der Waals surface area (Å²) in [6, 6.07) is 14.5. The van der Waals surface area contributed by atoms with Crippen LogP contribution in [0.25, 0.3) is 6.08 Å². The summed E-state index contributed by atoms with van der Waals surface area (Å²) in [4.78, 5) is 40.4. The molecule has 0 bridgehead atoms. The molecule has 8 heteroatoms. The molecule has 35 heavy (non-hydrogen) atoms. The molecule has 8 nitrogen and oxygen atoms in total. The van der Waals surface area contributed by atoms with Gasteiger partial charge in [-0.3, -0.25) is 9.59 Å². The smallest absolute Gasteiger partial charge is 0.408 e. The lowest BCUT2D eigenvalue weighted by molar-refractivity contribution is -0.142. The SMILES string of the molecule is C=Cc1cccc(C(C(=O)NCc2ccccc2)N(CCO)C(=O)C(C)NC(=O)OC(C)(C)C)c1. The first kappa shape index (κ1) is 27.6. The van der Waals surface area contributed by atoms with Crippen LogP contribution in [0.3, 0.4) is 0 Å². The number of aliphatic hydroxyl groups excluding tert-OH is 1. The Morgan fingerprint density at radius 3 is 2.40 bits per heavy atom. The van der Waals surface area contributed by atoms with E-state index in [9.17, 15) is 19.5 Å². The van der Waals surface area contributed by atoms with E-state index in [0.29, 0.717) is 5.56 Å². The van der Waals surface area contributed by atoms with Gasteiger partial charge in [0.25, 0.3) is 0 Å². The van der Waals surface area contributed by atoms with E-state index in [4.69, 9.17) is 4.74 Å². The quantitative estimate of drug-likeness (QED) is 0.482. The van der Waals surface area contributed by atoms with Crippen LogP contribution in [0.4, 0.5) is 4.79 Å². The van der Waals surface area contributed by atoms with Gasteiger partial charge in [-0.2, -0.15) is 0 Å². The van der Waals surface area contributed by atoms with Crippen LogP contribution in [0.15, 0.2) is 61.2 Å². The molecule has 188 valence electrons. The summed E-state index contributed by atoms with van der Waals surface area (Å²) >= 11 is 0. The molecule has 0 aliphatic rings. The minimum absolute atomic E-state index is 0.110. The summed E-state index contributed by atoms with van der Waals surface area (Å²) in [5, 5.41) is 15.1. The molecule has 0 saturated heterocycles. The van der Waals surface area contributed by atoms with Gasteiger partial charge in [0.2, 0.25) is 11.8 Å². The zero-order valence-electron chi connectivity index (χ0n) is 20.8. The number of nitrogens with one attached hydrogen (secondary N) is 2. The normalized spacial score (nSPS) is 12.7. The molecule has 0 aliphatic heterocycles. The zero-order chi connectivity index (χ0) is 26.0. The molecule has 0 heterocycles. The summed E-state index contributed by atoms with van der Waals surface area (Å²) in [7, 11) is 0. The molecule has 2 aromatic carbocycles. The maximum absolute atomic E-state index is 13.4. The van der Waals surface area contributed by atoms with Gasteiger partial charge in [-0.1, -0.05) is 61.2 Å². The maximum Gasteiger partial charge on any atom is 0.408 e. The van der Waals surface area contributed by atoms with Gasteiger partial charge in [-0.05, 0) is 50.5 Å². The Balaban J connectivity index is 2.35. The van der Waals surface area contributed by atoms with Gasteiger partial charge < -0.3 is 25.4 Å². The molecular formula is C27H35N3O5. The number of aliphatic hydroxyl groups is 1. The largest absolute Gasteiger partial charge is 0.444 e. The monoisotopic (exact) mass is 481 g/mol. The van der Waals surface area contributed by atoms with Crippen molar-refractivity contribution in [1.82, 2.24) is 15.5 Å². The van der Waals surface area contributed by atoms with Gasteiger partial charge in [0.1, 0.15) is 17.7 Å². The van der Waals surface area contributed by atoms with Gasteiger partial charge >= 0.3 is 6.09 Å². The number of ether oxygens (including phenoxy) is 1. The molecule has 2 unspecified atom stereocenters. The molecule has 0 fully saturated rings. The Bertz CT molecular complexity index is 1020. The number of rotatable bonds is 10. The number of nitrogens with zero attached hydrogens (tertiary/aromatic N) is 1. The van der Waals surface area contributed by atoms with Crippen molar-refractivity contribution in [3.05, 3.63) is 77.9 Å². The third-order valence-corrected chi connectivity index (χ3v) is 5.06. The Hall–Kier alpha value is -3.65. The van der Waals surface area contributed by atoms with E-state index in [-0.39, 0.29) is 19.7 Å². The van der Waals surface area contributed by atoms with Crippen LogP contribution in [0, 0.1) is 0 Å². The van der Waals surface area contributed by atoms with Gasteiger partial charge in [-0.25, -0.2) is 4.79 Å². The van der Waals surface area contributed by atoms with Gasteiger partial charge in [0.15, 0.2) is 0 Å². The predicted molar refractivity (Wildman–Crippen MR) is 135 cm³/mol. The number of benzene rings is 2. The van der Waals surface area contributed by atoms with Crippen LogP contribution in [-0.4, -0.2) is 52.7 Å². The first-order chi connectivity index (χ1) is 16.6. The van der Waals surface area contributed by atoms with E-state index >= 15 is 0 Å². The second-order valence-electron chi connectivity index (χ2n) is 9.10. The molecule has 0 saturated carbocycles. The van der Waals surface area contributed by atoms with E-state index in [2.05, 4.69) is 17.2 Å². The lowest BCUT2D eigenvalue weighted by Gasteiger charge is -2.33. The molecule has 2 aromatic rings. The number of hydrogen-bond acceptors (Lipinski definition) is 5. The highest BCUT2D eigenvalue weighted by molar-refractivity contribution is 5.92. The van der Waals surface area contributed by atoms with Crippen LogP contribution in [0.5, 0.6) is 0 Å². The molecule has 3 N–H and O–H groups in total. The fraction of sp³-hybridized carbons (Fsp3) is 0.370. The fourth-order valence-electron chi connectivity index (χ4n) is 3.48. The number of carbonyl (C=O) groups excluding carboxylic acids is 3. The first-order valence-corrected chi connectivity index (χ1v) is 11.5.